The minimum atomic E-state index is 0.237. The maximum atomic E-state index is 11.6. The molecule has 0 spiro atoms. The number of rotatable bonds is 4. The summed E-state index contributed by atoms with van der Waals surface area (Å²) in [5, 5.41) is 0.286. The number of hydrogen-bond donors (Lipinski definition) is 1. The van der Waals surface area contributed by atoms with E-state index < -0.39 is 0 Å². The fraction of sp³-hybridized carbons (Fsp3) is 0.800. The van der Waals surface area contributed by atoms with Crippen molar-refractivity contribution in [2.24, 2.45) is 17.3 Å². The highest BCUT2D eigenvalue weighted by Gasteiger charge is 2.31. The lowest BCUT2D eigenvalue weighted by atomic mass is 9.73. The molecular weight excluding hydrogens is 228 g/mol. The molecule has 1 fully saturated rings. The van der Waals surface area contributed by atoms with Crippen LogP contribution < -0.4 is 0 Å². The summed E-state index contributed by atoms with van der Waals surface area (Å²) in [6.07, 6.45) is 8.08. The van der Waals surface area contributed by atoms with Crippen LogP contribution in [0.2, 0.25) is 0 Å². The lowest BCUT2D eigenvalue weighted by molar-refractivity contribution is -0.121. The Bertz CT molecular complexity index is 293. The quantitative estimate of drug-likeness (QED) is 0.585. The molecule has 1 rings (SSSR count). The highest BCUT2D eigenvalue weighted by atomic mass is 32.1. The van der Waals surface area contributed by atoms with Crippen molar-refractivity contribution in [2.45, 2.75) is 58.6 Å². The van der Waals surface area contributed by atoms with Gasteiger partial charge in [-0.3, -0.25) is 4.79 Å². The smallest absolute Gasteiger partial charge is 0.134 e. The number of ketones is 1. The van der Waals surface area contributed by atoms with E-state index in [-0.39, 0.29) is 10.7 Å². The normalized spacial score (nSPS) is 28.6. The van der Waals surface area contributed by atoms with E-state index >= 15 is 0 Å². The fourth-order valence-electron chi connectivity index (χ4n) is 3.10. The Morgan fingerprint density at radius 3 is 2.65 bits per heavy atom. The van der Waals surface area contributed by atoms with Crippen LogP contribution in [-0.2, 0) is 4.79 Å². The van der Waals surface area contributed by atoms with Gasteiger partial charge < -0.3 is 0 Å². The molecule has 0 aliphatic heterocycles. The summed E-state index contributed by atoms with van der Waals surface area (Å²) >= 11 is 4.49. The zero-order valence-corrected chi connectivity index (χ0v) is 12.5. The van der Waals surface area contributed by atoms with Crippen LogP contribution >= 0.6 is 12.6 Å². The van der Waals surface area contributed by atoms with Crippen molar-refractivity contribution in [3.8, 4) is 0 Å². The highest BCUT2D eigenvalue weighted by Crippen LogP contribution is 2.37. The topological polar surface area (TPSA) is 17.1 Å². The summed E-state index contributed by atoms with van der Waals surface area (Å²) in [5.74, 6) is 1.53. The Morgan fingerprint density at radius 1 is 1.47 bits per heavy atom. The number of carbonyl (C=O) groups excluding carboxylic acids is 1. The van der Waals surface area contributed by atoms with Gasteiger partial charge in [0.05, 0.1) is 0 Å². The van der Waals surface area contributed by atoms with E-state index in [1.54, 1.807) is 0 Å². The van der Waals surface area contributed by atoms with Crippen molar-refractivity contribution < 1.29 is 4.79 Å². The first-order chi connectivity index (χ1) is 7.84. The lowest BCUT2D eigenvalue weighted by Gasteiger charge is -2.34. The molecule has 0 heterocycles. The minimum absolute atomic E-state index is 0.237. The molecule has 1 aliphatic rings. The van der Waals surface area contributed by atoms with Crippen LogP contribution in [0.3, 0.4) is 0 Å². The molecule has 1 nitrogen and oxygen atoms in total. The fourth-order valence-corrected chi connectivity index (χ4v) is 3.58. The van der Waals surface area contributed by atoms with Gasteiger partial charge in [-0.25, -0.2) is 0 Å². The molecule has 1 aliphatic carbocycles. The Labute approximate surface area is 111 Å². The van der Waals surface area contributed by atoms with Gasteiger partial charge in [0.1, 0.15) is 5.78 Å². The van der Waals surface area contributed by atoms with Crippen molar-refractivity contribution in [3.63, 3.8) is 0 Å². The SMILES string of the molecule is C/C=C/C(C)(C)CC(C)C1CC(=O)CC(S)C1. The van der Waals surface area contributed by atoms with Gasteiger partial charge in [0, 0.05) is 18.1 Å². The molecule has 1 saturated carbocycles. The molecular formula is C15H26OS. The third kappa shape index (κ3) is 4.87. The molecule has 0 aromatic rings. The third-order valence-electron chi connectivity index (χ3n) is 3.80. The van der Waals surface area contributed by atoms with Gasteiger partial charge in [0.2, 0.25) is 0 Å². The van der Waals surface area contributed by atoms with Gasteiger partial charge in [0.15, 0.2) is 0 Å². The van der Waals surface area contributed by atoms with Crippen LogP contribution in [0, 0.1) is 17.3 Å². The minimum Gasteiger partial charge on any atom is -0.300 e. The van der Waals surface area contributed by atoms with E-state index in [0.717, 1.165) is 19.3 Å². The predicted molar refractivity (Wildman–Crippen MR) is 77.5 cm³/mol. The monoisotopic (exact) mass is 254 g/mol. The van der Waals surface area contributed by atoms with Crippen molar-refractivity contribution in [1.29, 1.82) is 0 Å². The molecule has 0 bridgehead atoms. The van der Waals surface area contributed by atoms with Crippen molar-refractivity contribution >= 4 is 18.4 Å². The van der Waals surface area contributed by atoms with E-state index in [4.69, 9.17) is 0 Å². The van der Waals surface area contributed by atoms with E-state index in [9.17, 15) is 4.79 Å². The van der Waals surface area contributed by atoms with Gasteiger partial charge >= 0.3 is 0 Å². The van der Waals surface area contributed by atoms with Gasteiger partial charge in [-0.05, 0) is 37.0 Å². The number of hydrogen-bond acceptors (Lipinski definition) is 2. The van der Waals surface area contributed by atoms with Crippen LogP contribution in [-0.4, -0.2) is 11.0 Å². The van der Waals surface area contributed by atoms with E-state index in [0.29, 0.717) is 24.0 Å². The summed E-state index contributed by atoms with van der Waals surface area (Å²) in [5.41, 5.74) is 0.237. The van der Waals surface area contributed by atoms with E-state index in [1.807, 2.05) is 0 Å². The largest absolute Gasteiger partial charge is 0.300 e. The predicted octanol–water partition coefficient (Wildman–Crippen LogP) is 4.28. The summed E-state index contributed by atoms with van der Waals surface area (Å²) in [6, 6.07) is 0. The van der Waals surface area contributed by atoms with Gasteiger partial charge in [0.25, 0.3) is 0 Å². The molecule has 0 amide bonds. The lowest BCUT2D eigenvalue weighted by Crippen LogP contribution is -2.29. The molecule has 98 valence electrons. The van der Waals surface area contributed by atoms with E-state index in [1.165, 1.54) is 0 Å². The summed E-state index contributed by atoms with van der Waals surface area (Å²) < 4.78 is 0. The first-order valence-electron chi connectivity index (χ1n) is 6.67. The zero-order chi connectivity index (χ0) is 13.1. The van der Waals surface area contributed by atoms with Crippen LogP contribution in [0.5, 0.6) is 0 Å². The third-order valence-corrected chi connectivity index (χ3v) is 4.19. The van der Waals surface area contributed by atoms with Crippen molar-refractivity contribution in [1.82, 2.24) is 0 Å². The molecule has 3 atom stereocenters. The number of Topliss-reactive ketones (excluding diaryl/α,β-unsaturated/α-hetero) is 1. The molecule has 0 aromatic heterocycles. The summed E-state index contributed by atoms with van der Waals surface area (Å²) in [7, 11) is 0. The summed E-state index contributed by atoms with van der Waals surface area (Å²) in [6.45, 7) is 8.90. The van der Waals surface area contributed by atoms with Crippen molar-refractivity contribution in [3.05, 3.63) is 12.2 Å². The van der Waals surface area contributed by atoms with E-state index in [2.05, 4.69) is 52.5 Å². The molecule has 17 heavy (non-hydrogen) atoms. The standard InChI is InChI=1S/C15H26OS/c1-5-6-15(3,4)10-11(2)12-7-13(16)9-14(17)8-12/h5-6,11-12,14,17H,7-10H2,1-4H3/b6-5+. The molecule has 0 saturated heterocycles. The van der Waals surface area contributed by atoms with Crippen LogP contribution in [0.4, 0.5) is 0 Å². The second kappa shape index (κ2) is 6.08. The van der Waals surface area contributed by atoms with Crippen molar-refractivity contribution in [2.75, 3.05) is 0 Å². The molecule has 0 N–H and O–H groups in total. The Balaban J connectivity index is 2.57. The second-order valence-electron chi connectivity index (χ2n) is 6.27. The average molecular weight is 254 g/mol. The molecule has 2 heteroatoms. The maximum Gasteiger partial charge on any atom is 0.134 e. The first-order valence-corrected chi connectivity index (χ1v) is 7.19. The molecule has 0 radical (unpaired) electrons. The zero-order valence-electron chi connectivity index (χ0n) is 11.6. The second-order valence-corrected chi connectivity index (χ2v) is 7.00. The van der Waals surface area contributed by atoms with Gasteiger partial charge in [-0.15, -0.1) is 0 Å². The average Bonchev–Trinajstić information content (AvgIpc) is 2.14. The number of thiol groups is 1. The van der Waals surface area contributed by atoms with Gasteiger partial charge in [-0.2, -0.15) is 12.6 Å². The maximum absolute atomic E-state index is 11.6. The molecule has 0 aromatic carbocycles. The number of allylic oxidation sites excluding steroid dienone is 2. The van der Waals surface area contributed by atoms with Crippen LogP contribution in [0.25, 0.3) is 0 Å². The Kier molecular flexibility index (Phi) is 5.30. The Hall–Kier alpha value is -0.240. The van der Waals surface area contributed by atoms with Crippen LogP contribution in [0.15, 0.2) is 12.2 Å². The van der Waals surface area contributed by atoms with Crippen LogP contribution in [0.1, 0.15) is 53.4 Å². The molecule has 3 unspecified atom stereocenters. The number of carbonyl (C=O) groups is 1. The first kappa shape index (κ1) is 14.8. The Morgan fingerprint density at radius 2 is 2.12 bits per heavy atom. The summed E-state index contributed by atoms with van der Waals surface area (Å²) in [4.78, 5) is 11.6. The highest BCUT2D eigenvalue weighted by molar-refractivity contribution is 7.81. The van der Waals surface area contributed by atoms with Gasteiger partial charge in [-0.1, -0.05) is 32.9 Å².